The number of hydrogen-bond acceptors (Lipinski definition) is 3. The fourth-order valence-corrected chi connectivity index (χ4v) is 1.86. The summed E-state index contributed by atoms with van der Waals surface area (Å²) in [5, 5.41) is 11.9. The first-order valence-electron chi connectivity index (χ1n) is 5.10. The van der Waals surface area contributed by atoms with Crippen molar-refractivity contribution >= 4 is 0 Å². The summed E-state index contributed by atoms with van der Waals surface area (Å²) < 4.78 is 13.3. The van der Waals surface area contributed by atoms with Crippen molar-refractivity contribution in [2.75, 3.05) is 6.54 Å². The maximum absolute atomic E-state index is 13.3. The first kappa shape index (κ1) is 10.1. The van der Waals surface area contributed by atoms with Crippen LogP contribution in [0.2, 0.25) is 0 Å². The van der Waals surface area contributed by atoms with Gasteiger partial charge in [-0.05, 0) is 31.0 Å². The molecule has 0 radical (unpaired) electrons. The maximum atomic E-state index is 13.3. The lowest BCUT2D eigenvalue weighted by molar-refractivity contribution is 0.410. The molecule has 78 valence electrons. The number of pyridine rings is 1. The summed E-state index contributed by atoms with van der Waals surface area (Å²) in [6.45, 7) is 0.965. The molecule has 1 aliphatic rings. The van der Waals surface area contributed by atoms with Crippen LogP contribution < -0.4 is 5.32 Å². The van der Waals surface area contributed by atoms with Crippen molar-refractivity contribution in [3.05, 3.63) is 29.3 Å². The van der Waals surface area contributed by atoms with Crippen LogP contribution >= 0.6 is 0 Å². The van der Waals surface area contributed by atoms with E-state index in [9.17, 15) is 4.39 Å². The highest BCUT2D eigenvalue weighted by Gasteiger charge is 2.16. The fraction of sp³-hybridized carbons (Fsp3) is 0.455. The zero-order valence-electron chi connectivity index (χ0n) is 8.33. The number of halogens is 1. The van der Waals surface area contributed by atoms with Crippen LogP contribution in [0, 0.1) is 17.1 Å². The standard InChI is InChI=1S/C11H12FN3/c12-9-5-8(7-15-11(9)6-13)10-3-1-2-4-14-10/h5,7,10,14H,1-4H2/t10-/m1/s1. The number of nitrogens with one attached hydrogen (secondary N) is 1. The predicted molar refractivity (Wildman–Crippen MR) is 53.5 cm³/mol. The van der Waals surface area contributed by atoms with Crippen LogP contribution in [-0.2, 0) is 0 Å². The molecule has 1 saturated heterocycles. The highest BCUT2D eigenvalue weighted by atomic mass is 19.1. The van der Waals surface area contributed by atoms with Gasteiger partial charge in [-0.1, -0.05) is 6.42 Å². The molecule has 0 aromatic carbocycles. The van der Waals surface area contributed by atoms with Gasteiger partial charge < -0.3 is 5.32 Å². The second-order valence-electron chi connectivity index (χ2n) is 3.71. The molecule has 0 spiro atoms. The minimum Gasteiger partial charge on any atom is -0.310 e. The van der Waals surface area contributed by atoms with E-state index in [1.165, 1.54) is 12.5 Å². The first-order valence-corrected chi connectivity index (χ1v) is 5.10. The van der Waals surface area contributed by atoms with Gasteiger partial charge >= 0.3 is 0 Å². The third kappa shape index (κ3) is 2.13. The van der Waals surface area contributed by atoms with E-state index < -0.39 is 5.82 Å². The van der Waals surface area contributed by atoms with E-state index in [0.29, 0.717) is 0 Å². The third-order valence-corrected chi connectivity index (χ3v) is 2.68. The van der Waals surface area contributed by atoms with Crippen LogP contribution in [-0.4, -0.2) is 11.5 Å². The number of hydrogen-bond donors (Lipinski definition) is 1. The zero-order valence-corrected chi connectivity index (χ0v) is 8.33. The van der Waals surface area contributed by atoms with Gasteiger partial charge in [0.1, 0.15) is 6.07 Å². The molecule has 3 nitrogen and oxygen atoms in total. The van der Waals surface area contributed by atoms with Crippen LogP contribution in [0.5, 0.6) is 0 Å². The molecule has 15 heavy (non-hydrogen) atoms. The van der Waals surface area contributed by atoms with Crippen molar-refractivity contribution in [1.82, 2.24) is 10.3 Å². The van der Waals surface area contributed by atoms with Crippen LogP contribution in [0.3, 0.4) is 0 Å². The minimum atomic E-state index is -0.526. The molecule has 1 fully saturated rings. The van der Waals surface area contributed by atoms with Gasteiger partial charge in [0.2, 0.25) is 0 Å². The van der Waals surface area contributed by atoms with Gasteiger partial charge in [-0.25, -0.2) is 9.37 Å². The van der Waals surface area contributed by atoms with Crippen molar-refractivity contribution in [2.24, 2.45) is 0 Å². The van der Waals surface area contributed by atoms with E-state index in [-0.39, 0.29) is 11.7 Å². The van der Waals surface area contributed by atoms with Crippen molar-refractivity contribution < 1.29 is 4.39 Å². The van der Waals surface area contributed by atoms with E-state index >= 15 is 0 Å². The average Bonchev–Trinajstić information content (AvgIpc) is 2.30. The van der Waals surface area contributed by atoms with Gasteiger partial charge in [-0.3, -0.25) is 0 Å². The van der Waals surface area contributed by atoms with Crippen LogP contribution in [0.15, 0.2) is 12.3 Å². The Kier molecular flexibility index (Phi) is 2.93. The topological polar surface area (TPSA) is 48.7 Å². The van der Waals surface area contributed by atoms with E-state index in [4.69, 9.17) is 5.26 Å². The lowest BCUT2D eigenvalue weighted by Crippen LogP contribution is -2.27. The van der Waals surface area contributed by atoms with Gasteiger partial charge in [-0.15, -0.1) is 0 Å². The second kappa shape index (κ2) is 4.37. The minimum absolute atomic E-state index is 0.130. The maximum Gasteiger partial charge on any atom is 0.176 e. The quantitative estimate of drug-likeness (QED) is 0.761. The lowest BCUT2D eigenvalue weighted by Gasteiger charge is -2.23. The van der Waals surface area contributed by atoms with Crippen molar-refractivity contribution in [3.63, 3.8) is 0 Å². The van der Waals surface area contributed by atoms with Gasteiger partial charge in [0.15, 0.2) is 11.5 Å². The second-order valence-corrected chi connectivity index (χ2v) is 3.71. The van der Waals surface area contributed by atoms with Crippen LogP contribution in [0.1, 0.15) is 36.6 Å². The van der Waals surface area contributed by atoms with Gasteiger partial charge in [-0.2, -0.15) is 5.26 Å². The van der Waals surface area contributed by atoms with Crippen LogP contribution in [0.4, 0.5) is 4.39 Å². The molecule has 1 atom stereocenters. The van der Waals surface area contributed by atoms with Crippen molar-refractivity contribution in [3.8, 4) is 6.07 Å². The van der Waals surface area contributed by atoms with Crippen LogP contribution in [0.25, 0.3) is 0 Å². The summed E-state index contributed by atoms with van der Waals surface area (Å²) in [6.07, 6.45) is 4.92. The average molecular weight is 205 g/mol. The number of nitriles is 1. The van der Waals surface area contributed by atoms with Crippen molar-refractivity contribution in [2.45, 2.75) is 25.3 Å². The molecule has 4 heteroatoms. The summed E-state index contributed by atoms with van der Waals surface area (Å²) in [5.74, 6) is -0.526. The van der Waals surface area contributed by atoms with E-state index in [1.54, 1.807) is 12.3 Å². The number of nitrogens with zero attached hydrogens (tertiary/aromatic N) is 2. The number of piperidine rings is 1. The van der Waals surface area contributed by atoms with Gasteiger partial charge in [0.25, 0.3) is 0 Å². The summed E-state index contributed by atoms with van der Waals surface area (Å²) in [5.41, 5.74) is 0.709. The molecular formula is C11H12FN3. The molecule has 1 aromatic rings. The molecule has 0 saturated carbocycles. The molecular weight excluding hydrogens is 193 g/mol. The Labute approximate surface area is 87.9 Å². The molecule has 0 amide bonds. The van der Waals surface area contributed by atoms with Gasteiger partial charge in [0, 0.05) is 12.2 Å². The molecule has 2 heterocycles. The summed E-state index contributed by atoms with van der Waals surface area (Å²) in [7, 11) is 0. The van der Waals surface area contributed by atoms with E-state index in [1.807, 2.05) is 0 Å². The Morgan fingerprint density at radius 3 is 3.00 bits per heavy atom. The molecule has 0 unspecified atom stereocenters. The number of rotatable bonds is 1. The first-order chi connectivity index (χ1) is 7.31. The molecule has 1 aliphatic heterocycles. The largest absolute Gasteiger partial charge is 0.310 e. The van der Waals surface area contributed by atoms with E-state index in [2.05, 4.69) is 10.3 Å². The smallest absolute Gasteiger partial charge is 0.176 e. The summed E-state index contributed by atoms with van der Waals surface area (Å²) in [6, 6.07) is 3.32. The molecule has 0 bridgehead atoms. The van der Waals surface area contributed by atoms with Gasteiger partial charge in [0.05, 0.1) is 0 Å². The SMILES string of the molecule is N#Cc1ncc([C@H]2CCCCN2)cc1F. The Bertz CT molecular complexity index is 391. The molecule has 0 aliphatic carbocycles. The Morgan fingerprint density at radius 1 is 1.53 bits per heavy atom. The highest BCUT2D eigenvalue weighted by molar-refractivity contribution is 5.27. The summed E-state index contributed by atoms with van der Waals surface area (Å²) >= 11 is 0. The Hall–Kier alpha value is -1.47. The zero-order chi connectivity index (χ0) is 10.7. The van der Waals surface area contributed by atoms with Crippen molar-refractivity contribution in [1.29, 1.82) is 5.26 Å². The van der Waals surface area contributed by atoms with E-state index in [0.717, 1.165) is 24.9 Å². The monoisotopic (exact) mass is 205 g/mol. The fourth-order valence-electron chi connectivity index (χ4n) is 1.86. The molecule has 1 aromatic heterocycles. The lowest BCUT2D eigenvalue weighted by atomic mass is 9.99. The predicted octanol–water partition coefficient (Wildman–Crippen LogP) is 1.91. The summed E-state index contributed by atoms with van der Waals surface area (Å²) in [4.78, 5) is 3.80. The normalized spacial score (nSPS) is 20.9. The Balaban J connectivity index is 2.22. The highest BCUT2D eigenvalue weighted by Crippen LogP contribution is 2.23. The molecule has 1 N–H and O–H groups in total. The number of aromatic nitrogens is 1. The third-order valence-electron chi connectivity index (χ3n) is 2.68. The molecule has 2 rings (SSSR count). The Morgan fingerprint density at radius 2 is 2.40 bits per heavy atom.